The number of esters is 3. The van der Waals surface area contributed by atoms with Crippen molar-refractivity contribution in [2.24, 2.45) is 11.3 Å². The van der Waals surface area contributed by atoms with E-state index in [2.05, 4.69) is 97.2 Å². The Bertz CT molecular complexity index is 3050. The third kappa shape index (κ3) is 7.12. The SMILES string of the molecule is CC[C@]1(NC(=O)c2ccc3c(c2)C(C)(C)CCC3(C)C)C[C@H]2CN(CCc3c([nH]c4ccccc34)[C@@](C(=O)OC)(c3cc4c(cc3OC)N(C)[C@H]3[C@@](O)(C(=O)OC)[C@H](OC(C)=O)[C@]5(CC)C=CCN6CC[C@]43[C@@H]65)C2)C1. The number of carbonyl (C=O) groups excluding carboxylic acids is 4. The van der Waals surface area contributed by atoms with Crippen LogP contribution in [-0.2, 0) is 56.7 Å². The van der Waals surface area contributed by atoms with E-state index in [1.54, 1.807) is 7.11 Å². The van der Waals surface area contributed by atoms with Crippen LogP contribution in [0.15, 0.2) is 66.7 Å². The summed E-state index contributed by atoms with van der Waals surface area (Å²) in [6.07, 6.45) is 8.18. The van der Waals surface area contributed by atoms with Gasteiger partial charge in [0.2, 0.25) is 5.60 Å². The van der Waals surface area contributed by atoms with Crippen molar-refractivity contribution in [3.8, 4) is 5.75 Å². The van der Waals surface area contributed by atoms with Crippen molar-refractivity contribution in [1.82, 2.24) is 20.1 Å². The largest absolute Gasteiger partial charge is 0.496 e. The van der Waals surface area contributed by atoms with Gasteiger partial charge in [-0.3, -0.25) is 19.3 Å². The average Bonchev–Trinajstić information content (AvgIpc) is 4.06. The molecule has 2 bridgehead atoms. The lowest BCUT2D eigenvalue weighted by Crippen LogP contribution is -2.81. The number of methoxy groups -OCH3 is 3. The van der Waals surface area contributed by atoms with Crippen LogP contribution in [0.5, 0.6) is 5.75 Å². The molecule has 7 aliphatic rings. The van der Waals surface area contributed by atoms with E-state index in [4.69, 9.17) is 18.9 Å². The third-order valence-corrected chi connectivity index (χ3v) is 20.1. The minimum Gasteiger partial charge on any atom is -0.496 e. The minimum atomic E-state index is -2.33. The predicted molar refractivity (Wildman–Crippen MR) is 287 cm³/mol. The van der Waals surface area contributed by atoms with Crippen LogP contribution < -0.4 is 15.0 Å². The molecule has 10 atom stereocenters. The van der Waals surface area contributed by atoms with Gasteiger partial charge in [-0.05, 0) is 121 Å². The number of amides is 1. The van der Waals surface area contributed by atoms with Crippen LogP contribution in [0.2, 0.25) is 0 Å². The van der Waals surface area contributed by atoms with Crippen molar-refractivity contribution in [2.45, 2.75) is 151 Å². The van der Waals surface area contributed by atoms with E-state index >= 15 is 4.79 Å². The third-order valence-electron chi connectivity index (χ3n) is 20.1. The summed E-state index contributed by atoms with van der Waals surface area (Å²) < 4.78 is 24.5. The smallest absolute Gasteiger partial charge is 0.344 e. The molecular formula is C61H77N5O9. The lowest BCUT2D eigenvalue weighted by Gasteiger charge is -2.63. The highest BCUT2D eigenvalue weighted by Gasteiger charge is 2.80. The molecule has 3 fully saturated rings. The summed E-state index contributed by atoms with van der Waals surface area (Å²) in [5, 5.41) is 18.2. The Kier molecular flexibility index (Phi) is 12.1. The number of rotatable bonds is 9. The quantitative estimate of drug-likeness (QED) is 0.0850. The van der Waals surface area contributed by atoms with Crippen molar-refractivity contribution >= 4 is 40.4 Å². The highest BCUT2D eigenvalue weighted by atomic mass is 16.6. The summed E-state index contributed by atoms with van der Waals surface area (Å²) in [5.41, 5.74) is 1.62. The van der Waals surface area contributed by atoms with E-state index in [9.17, 15) is 19.5 Å². The molecule has 400 valence electrons. The molecule has 1 amide bonds. The predicted octanol–water partition coefficient (Wildman–Crippen LogP) is 7.78. The number of piperidine rings is 1. The second-order valence-corrected chi connectivity index (χ2v) is 24.7. The Hall–Kier alpha value is -5.70. The monoisotopic (exact) mass is 1020 g/mol. The Labute approximate surface area is 441 Å². The molecule has 5 aliphatic heterocycles. The van der Waals surface area contributed by atoms with Gasteiger partial charge in [0.05, 0.1) is 32.9 Å². The first-order valence-corrected chi connectivity index (χ1v) is 27.4. The van der Waals surface area contributed by atoms with E-state index in [0.29, 0.717) is 88.1 Å². The number of hydrogen-bond acceptors (Lipinski definition) is 12. The number of ether oxygens (including phenoxy) is 4. The van der Waals surface area contributed by atoms with E-state index in [1.807, 2.05) is 43.1 Å². The summed E-state index contributed by atoms with van der Waals surface area (Å²) in [6.45, 7) is 18.0. The van der Waals surface area contributed by atoms with Gasteiger partial charge in [-0.1, -0.05) is 78.0 Å². The van der Waals surface area contributed by atoms with Crippen LogP contribution in [0.1, 0.15) is 137 Å². The summed E-state index contributed by atoms with van der Waals surface area (Å²) >= 11 is 0. The average molecular weight is 1020 g/mol. The summed E-state index contributed by atoms with van der Waals surface area (Å²) in [7, 11) is 6.22. The molecule has 2 saturated heterocycles. The van der Waals surface area contributed by atoms with Gasteiger partial charge in [0.1, 0.15) is 11.2 Å². The standard InChI is InChI=1S/C61H77N5O9/c1-12-57(63-49(68)38-19-20-41-42(29-38)56(6,7)24-23-55(41,4)5)32-37-33-60(53(69)73-10,48-40(21-27-65(34-37)35-57)39-17-14-15-18-45(39)62-48)44-30-43-46(31-47(44)72-9)64(8)51-59(43)25-28-66-26-16-22-58(13-2,50(59)66)52(75-36(3)67)61(51,71)54(70)74-11/h14-20,22,29-31,37,50-52,62,71H,12-13,21,23-28,32-35H2,1-11H3,(H,63,68)/t37-,50+,51-,52-,57+,58-,59-,60+,61+/m1/s1. The summed E-state index contributed by atoms with van der Waals surface area (Å²) in [6, 6.07) is 17.3. The number of hydrogen-bond donors (Lipinski definition) is 3. The zero-order valence-corrected chi connectivity index (χ0v) is 45.9. The molecule has 3 N–H and O–H groups in total. The van der Waals surface area contributed by atoms with Crippen molar-refractivity contribution < 1.29 is 43.2 Å². The van der Waals surface area contributed by atoms with Crippen molar-refractivity contribution in [2.75, 3.05) is 66.0 Å². The number of likely N-dealkylation sites (N-methyl/N-ethyl adjacent to an activating group) is 1. The zero-order valence-electron chi connectivity index (χ0n) is 45.9. The van der Waals surface area contributed by atoms with Crippen LogP contribution in [0.4, 0.5) is 5.69 Å². The van der Waals surface area contributed by atoms with Crippen LogP contribution >= 0.6 is 0 Å². The minimum absolute atomic E-state index is 0.0183. The zero-order chi connectivity index (χ0) is 53.4. The maximum absolute atomic E-state index is 15.9. The van der Waals surface area contributed by atoms with Crippen LogP contribution in [-0.4, -0.2) is 134 Å². The highest BCUT2D eigenvalue weighted by Crippen LogP contribution is 2.68. The second-order valence-electron chi connectivity index (χ2n) is 24.7. The number of para-hydroxylation sites is 1. The molecule has 6 heterocycles. The van der Waals surface area contributed by atoms with E-state index in [0.717, 1.165) is 46.3 Å². The number of aliphatic hydroxyl groups is 1. The lowest BCUT2D eigenvalue weighted by molar-refractivity contribution is -0.228. The second kappa shape index (κ2) is 17.7. The fraction of sp³-hybridized carbons (Fsp3) is 0.574. The molecule has 14 nitrogen and oxygen atoms in total. The number of nitrogens with zero attached hydrogens (tertiary/aromatic N) is 3. The van der Waals surface area contributed by atoms with Gasteiger partial charge in [-0.25, -0.2) is 4.79 Å². The summed E-state index contributed by atoms with van der Waals surface area (Å²) in [5.74, 6) is -1.71. The Morgan fingerprint density at radius 3 is 2.25 bits per heavy atom. The topological polar surface area (TPSA) is 163 Å². The first-order chi connectivity index (χ1) is 35.6. The maximum atomic E-state index is 15.9. The number of anilines is 1. The van der Waals surface area contributed by atoms with Crippen molar-refractivity contribution in [3.63, 3.8) is 0 Å². The molecular weight excluding hydrogens is 947 g/mol. The number of nitrogens with one attached hydrogen (secondary N) is 2. The fourth-order valence-corrected chi connectivity index (χ4v) is 16.8. The molecule has 3 aromatic carbocycles. The number of aromatic nitrogens is 1. The number of benzene rings is 3. The van der Waals surface area contributed by atoms with Gasteiger partial charge >= 0.3 is 17.9 Å². The lowest BCUT2D eigenvalue weighted by atomic mass is 9.47. The number of H-pyrrole nitrogens is 1. The van der Waals surface area contributed by atoms with Crippen LogP contribution in [0.25, 0.3) is 10.9 Å². The molecule has 2 aliphatic carbocycles. The molecule has 4 aromatic rings. The Balaban J connectivity index is 1.10. The molecule has 14 heteroatoms. The maximum Gasteiger partial charge on any atom is 0.344 e. The molecule has 1 saturated carbocycles. The highest BCUT2D eigenvalue weighted by molar-refractivity contribution is 5.96. The van der Waals surface area contributed by atoms with Gasteiger partial charge in [0, 0.05) is 96.5 Å². The number of fused-ring (bicyclic) bond motifs is 7. The Morgan fingerprint density at radius 2 is 1.56 bits per heavy atom. The van der Waals surface area contributed by atoms with Gasteiger partial charge < -0.3 is 44.2 Å². The number of aromatic amines is 1. The molecule has 75 heavy (non-hydrogen) atoms. The number of carbonyl (C=O) groups is 4. The first kappa shape index (κ1) is 51.4. The van der Waals surface area contributed by atoms with Crippen LogP contribution in [0, 0.1) is 11.3 Å². The van der Waals surface area contributed by atoms with Crippen molar-refractivity contribution in [3.05, 3.63) is 106 Å². The normalized spacial score (nSPS) is 33.8. The van der Waals surface area contributed by atoms with Gasteiger partial charge in [-0.15, -0.1) is 0 Å². The van der Waals surface area contributed by atoms with E-state index < -0.39 is 57.4 Å². The summed E-state index contributed by atoms with van der Waals surface area (Å²) in [4.78, 5) is 69.3. The van der Waals surface area contributed by atoms with E-state index in [1.165, 1.54) is 32.3 Å². The fourth-order valence-electron chi connectivity index (χ4n) is 16.8. The molecule has 11 rings (SSSR count). The van der Waals surface area contributed by atoms with Gasteiger partial charge in [-0.2, -0.15) is 0 Å². The first-order valence-electron chi connectivity index (χ1n) is 27.4. The van der Waals surface area contributed by atoms with Gasteiger partial charge in [0.15, 0.2) is 6.10 Å². The molecule has 1 spiro atoms. The molecule has 1 unspecified atom stereocenters. The Morgan fingerprint density at radius 1 is 0.827 bits per heavy atom. The van der Waals surface area contributed by atoms with Crippen LogP contribution in [0.3, 0.4) is 0 Å². The van der Waals surface area contributed by atoms with E-state index in [-0.39, 0.29) is 28.7 Å². The van der Waals surface area contributed by atoms with Crippen molar-refractivity contribution in [1.29, 1.82) is 0 Å². The molecule has 0 radical (unpaired) electrons. The van der Waals surface area contributed by atoms with Gasteiger partial charge in [0.25, 0.3) is 5.91 Å². The molecule has 1 aromatic heterocycles.